The fourth-order valence-corrected chi connectivity index (χ4v) is 0.935. The van der Waals surface area contributed by atoms with E-state index in [1.165, 1.54) is 0 Å². The number of hydrogen-bond donors (Lipinski definition) is 3. The summed E-state index contributed by atoms with van der Waals surface area (Å²) >= 11 is 0. The van der Waals surface area contributed by atoms with Crippen LogP contribution in [0.3, 0.4) is 0 Å². The molecule has 0 aliphatic carbocycles. The second kappa shape index (κ2) is 1.85. The number of nitrogens with one attached hydrogen (secondary N) is 1. The van der Waals surface area contributed by atoms with E-state index >= 15 is 0 Å². The first-order valence-corrected chi connectivity index (χ1v) is 3.12. The van der Waals surface area contributed by atoms with Crippen LogP contribution < -0.4 is 11.5 Å². The van der Waals surface area contributed by atoms with Gasteiger partial charge < -0.3 is 16.5 Å². The molecule has 5 nitrogen and oxygen atoms in total. The molecule has 5 N–H and O–H groups in total. The van der Waals surface area contributed by atoms with E-state index in [0.29, 0.717) is 17.3 Å². The van der Waals surface area contributed by atoms with Crippen LogP contribution in [-0.2, 0) is 0 Å². The van der Waals surface area contributed by atoms with Gasteiger partial charge in [-0.05, 0) is 6.07 Å². The van der Waals surface area contributed by atoms with Crippen LogP contribution in [0.4, 0.5) is 11.6 Å². The molecule has 0 amide bonds. The molecule has 0 atom stereocenters. The van der Waals surface area contributed by atoms with Crippen molar-refractivity contribution in [2.45, 2.75) is 0 Å². The summed E-state index contributed by atoms with van der Waals surface area (Å²) in [5.74, 6) is 0.359. The number of rotatable bonds is 0. The maximum Gasteiger partial charge on any atom is 0.200 e. The fraction of sp³-hybridized carbons (Fsp3) is 0. The fourth-order valence-electron chi connectivity index (χ4n) is 0.935. The minimum absolute atomic E-state index is 0.359. The van der Waals surface area contributed by atoms with Gasteiger partial charge in [0.2, 0.25) is 0 Å². The van der Waals surface area contributed by atoms with Crippen molar-refractivity contribution in [2.24, 2.45) is 0 Å². The second-order valence-corrected chi connectivity index (χ2v) is 2.26. The molecular formula is C6H7N5. The Morgan fingerprint density at radius 1 is 1.36 bits per heavy atom. The Morgan fingerprint density at radius 2 is 2.18 bits per heavy atom. The summed E-state index contributed by atoms with van der Waals surface area (Å²) in [6.45, 7) is 0. The lowest BCUT2D eigenvalue weighted by Crippen LogP contribution is -1.85. The third kappa shape index (κ3) is 0.861. The first-order chi connectivity index (χ1) is 5.25. The van der Waals surface area contributed by atoms with Gasteiger partial charge in [0, 0.05) is 0 Å². The Labute approximate surface area is 62.4 Å². The Balaban J connectivity index is 2.82. The van der Waals surface area contributed by atoms with Gasteiger partial charge in [0.1, 0.15) is 0 Å². The first kappa shape index (κ1) is 5.96. The van der Waals surface area contributed by atoms with Crippen molar-refractivity contribution < 1.29 is 0 Å². The molecule has 0 aliphatic heterocycles. The molecular weight excluding hydrogens is 142 g/mol. The van der Waals surface area contributed by atoms with Gasteiger partial charge in [-0.15, -0.1) is 0 Å². The van der Waals surface area contributed by atoms with Crippen molar-refractivity contribution in [3.05, 3.63) is 12.3 Å². The lowest BCUT2D eigenvalue weighted by molar-refractivity contribution is 1.31. The van der Waals surface area contributed by atoms with Gasteiger partial charge in [-0.1, -0.05) is 0 Å². The Bertz CT molecular complexity index is 391. The standard InChI is InChI=1S/C6H7N5/c7-3-1-4-5(9-2-3)11-6(8)10-4/h1-2H,7H2,(H3,8,9,10,11). The molecule has 0 aliphatic rings. The number of imidazole rings is 1. The van der Waals surface area contributed by atoms with E-state index in [0.717, 1.165) is 5.52 Å². The largest absolute Gasteiger partial charge is 0.397 e. The topological polar surface area (TPSA) is 93.6 Å². The number of aromatic nitrogens is 3. The molecule has 56 valence electrons. The Morgan fingerprint density at radius 3 is 3.00 bits per heavy atom. The van der Waals surface area contributed by atoms with Crippen LogP contribution in [0, 0.1) is 0 Å². The van der Waals surface area contributed by atoms with Crippen molar-refractivity contribution in [1.29, 1.82) is 0 Å². The minimum atomic E-state index is 0.359. The van der Waals surface area contributed by atoms with Crippen LogP contribution in [0.25, 0.3) is 11.2 Å². The van der Waals surface area contributed by atoms with Gasteiger partial charge >= 0.3 is 0 Å². The van der Waals surface area contributed by atoms with Gasteiger partial charge in [0.25, 0.3) is 0 Å². The first-order valence-electron chi connectivity index (χ1n) is 3.12. The highest BCUT2D eigenvalue weighted by atomic mass is 15.1. The van der Waals surface area contributed by atoms with Gasteiger partial charge in [-0.3, -0.25) is 0 Å². The van der Waals surface area contributed by atoms with E-state index in [2.05, 4.69) is 15.0 Å². The smallest absolute Gasteiger partial charge is 0.200 e. The number of fused-ring (bicyclic) bond motifs is 1. The molecule has 0 radical (unpaired) electrons. The van der Waals surface area contributed by atoms with E-state index < -0.39 is 0 Å². The third-order valence-corrected chi connectivity index (χ3v) is 1.38. The van der Waals surface area contributed by atoms with E-state index in [4.69, 9.17) is 11.5 Å². The predicted molar refractivity (Wildman–Crippen MR) is 42.7 cm³/mol. The zero-order valence-electron chi connectivity index (χ0n) is 5.70. The third-order valence-electron chi connectivity index (χ3n) is 1.38. The molecule has 0 bridgehead atoms. The van der Waals surface area contributed by atoms with E-state index in [9.17, 15) is 0 Å². The van der Waals surface area contributed by atoms with Crippen LogP contribution >= 0.6 is 0 Å². The van der Waals surface area contributed by atoms with Crippen molar-refractivity contribution in [1.82, 2.24) is 15.0 Å². The molecule has 11 heavy (non-hydrogen) atoms. The van der Waals surface area contributed by atoms with E-state index in [1.807, 2.05) is 0 Å². The molecule has 2 rings (SSSR count). The average Bonchev–Trinajstić information content (AvgIpc) is 2.27. The number of hydrogen-bond acceptors (Lipinski definition) is 4. The van der Waals surface area contributed by atoms with Crippen LogP contribution in [0.15, 0.2) is 12.3 Å². The van der Waals surface area contributed by atoms with Gasteiger partial charge in [0.05, 0.1) is 17.4 Å². The summed E-state index contributed by atoms with van der Waals surface area (Å²) in [5, 5.41) is 0. The maximum atomic E-state index is 5.48. The lowest BCUT2D eigenvalue weighted by atomic mass is 10.4. The van der Waals surface area contributed by atoms with Gasteiger partial charge in [-0.2, -0.15) is 4.98 Å². The number of pyridine rings is 1. The van der Waals surface area contributed by atoms with Crippen LogP contribution in [-0.4, -0.2) is 15.0 Å². The SMILES string of the molecule is Nc1cnc2nc(N)[nH]c2c1. The normalized spacial score (nSPS) is 10.5. The molecule has 5 heteroatoms. The van der Waals surface area contributed by atoms with Crippen molar-refractivity contribution in [3.63, 3.8) is 0 Å². The molecule has 0 spiro atoms. The zero-order chi connectivity index (χ0) is 7.84. The van der Waals surface area contributed by atoms with Crippen LogP contribution in [0.2, 0.25) is 0 Å². The molecule has 2 heterocycles. The molecule has 0 saturated heterocycles. The number of nitrogens with zero attached hydrogens (tertiary/aromatic N) is 2. The van der Waals surface area contributed by atoms with Crippen molar-refractivity contribution in [3.8, 4) is 0 Å². The molecule has 0 aromatic carbocycles. The van der Waals surface area contributed by atoms with Gasteiger partial charge in [-0.25, -0.2) is 4.98 Å². The second-order valence-electron chi connectivity index (χ2n) is 2.26. The molecule has 0 fully saturated rings. The highest BCUT2D eigenvalue weighted by molar-refractivity contribution is 5.75. The highest BCUT2D eigenvalue weighted by Crippen LogP contribution is 2.11. The molecule has 2 aromatic heterocycles. The van der Waals surface area contributed by atoms with Gasteiger partial charge in [0.15, 0.2) is 11.6 Å². The summed E-state index contributed by atoms with van der Waals surface area (Å²) in [6.07, 6.45) is 1.54. The average molecular weight is 149 g/mol. The number of aromatic amines is 1. The molecule has 2 aromatic rings. The highest BCUT2D eigenvalue weighted by Gasteiger charge is 1.99. The van der Waals surface area contributed by atoms with Crippen molar-refractivity contribution in [2.75, 3.05) is 11.5 Å². The number of nitrogen functional groups attached to an aromatic ring is 2. The molecule has 0 saturated carbocycles. The summed E-state index contributed by atoms with van der Waals surface area (Å²) in [4.78, 5) is 10.7. The number of anilines is 2. The predicted octanol–water partition coefficient (Wildman–Crippen LogP) is 0.122. The number of nitrogens with two attached hydrogens (primary N) is 2. The Kier molecular flexibility index (Phi) is 1.00. The molecule has 0 unspecified atom stereocenters. The zero-order valence-corrected chi connectivity index (χ0v) is 5.70. The maximum absolute atomic E-state index is 5.48. The van der Waals surface area contributed by atoms with Crippen molar-refractivity contribution >= 4 is 22.8 Å². The lowest BCUT2D eigenvalue weighted by Gasteiger charge is -1.88. The van der Waals surface area contributed by atoms with Crippen LogP contribution in [0.5, 0.6) is 0 Å². The van der Waals surface area contributed by atoms with E-state index in [1.54, 1.807) is 12.3 Å². The number of H-pyrrole nitrogens is 1. The van der Waals surface area contributed by atoms with E-state index in [-0.39, 0.29) is 0 Å². The summed E-state index contributed by atoms with van der Waals surface area (Å²) in [5.41, 5.74) is 12.8. The quantitative estimate of drug-likeness (QED) is 0.496. The minimum Gasteiger partial charge on any atom is -0.397 e. The monoisotopic (exact) mass is 149 g/mol. The summed E-state index contributed by atoms with van der Waals surface area (Å²) < 4.78 is 0. The Hall–Kier alpha value is -1.78. The summed E-state index contributed by atoms with van der Waals surface area (Å²) in [6, 6.07) is 1.74. The van der Waals surface area contributed by atoms with Crippen LogP contribution in [0.1, 0.15) is 0 Å². The summed E-state index contributed by atoms with van der Waals surface area (Å²) in [7, 11) is 0.